The van der Waals surface area contributed by atoms with Crippen molar-refractivity contribution >= 4 is 5.91 Å². The molecule has 28 heavy (non-hydrogen) atoms. The molecule has 1 N–H and O–H groups in total. The number of benzene rings is 1. The molecular weight excluding hydrogens is 356 g/mol. The van der Waals surface area contributed by atoms with Gasteiger partial charge in [0.1, 0.15) is 17.3 Å². The van der Waals surface area contributed by atoms with E-state index >= 15 is 0 Å². The van der Waals surface area contributed by atoms with Gasteiger partial charge in [0.25, 0.3) is 0 Å². The zero-order valence-electron chi connectivity index (χ0n) is 16.4. The molecule has 1 saturated heterocycles. The average molecular weight is 382 g/mol. The first-order valence-corrected chi connectivity index (χ1v) is 9.74. The van der Waals surface area contributed by atoms with Crippen LogP contribution in [-0.4, -0.2) is 48.1 Å². The Balaban J connectivity index is 1.46. The minimum atomic E-state index is 0.0683. The summed E-state index contributed by atoms with van der Waals surface area (Å²) in [5, 5.41) is 3.44. The Morgan fingerprint density at radius 1 is 1.32 bits per heavy atom. The number of amides is 1. The number of fused-ring (bicyclic) bond motifs is 1. The predicted molar refractivity (Wildman–Crippen MR) is 104 cm³/mol. The highest BCUT2D eigenvalue weighted by Gasteiger charge is 2.25. The summed E-state index contributed by atoms with van der Waals surface area (Å²) in [6.45, 7) is 2.26. The Hall–Kier alpha value is -2.67. The van der Waals surface area contributed by atoms with E-state index in [-0.39, 0.29) is 18.4 Å². The molecule has 0 bridgehead atoms. The van der Waals surface area contributed by atoms with Gasteiger partial charge in [-0.1, -0.05) is 0 Å². The molecule has 1 fully saturated rings. The van der Waals surface area contributed by atoms with Crippen molar-refractivity contribution < 1.29 is 14.3 Å². The lowest BCUT2D eigenvalue weighted by molar-refractivity contribution is -0.131. The van der Waals surface area contributed by atoms with Crippen molar-refractivity contribution in [1.29, 1.82) is 0 Å². The molecule has 4 rings (SSSR count). The maximum atomic E-state index is 12.9. The van der Waals surface area contributed by atoms with E-state index in [9.17, 15) is 4.79 Å². The third-order valence-corrected chi connectivity index (χ3v) is 5.51. The number of rotatable bonds is 5. The van der Waals surface area contributed by atoms with E-state index < -0.39 is 0 Å². The molecule has 1 aromatic carbocycles. The first-order chi connectivity index (χ1) is 13.7. The van der Waals surface area contributed by atoms with Crippen LogP contribution >= 0.6 is 0 Å². The number of nitrogens with one attached hydrogen (secondary N) is 1. The standard InChI is InChI=1S/C21H26N4O3/c1-27-16-5-6-19(28-2)14(10-16)11-20(26)25-9-7-17-15(13-25)12-23-21(24-17)18-4-3-8-22-18/h5-6,10,12,18,22H,3-4,7-9,11,13H2,1-2H3/t18-/m1/s1. The van der Waals surface area contributed by atoms with Crippen molar-refractivity contribution in [1.82, 2.24) is 20.2 Å². The van der Waals surface area contributed by atoms with Crippen molar-refractivity contribution in [2.24, 2.45) is 0 Å². The van der Waals surface area contributed by atoms with E-state index in [1.54, 1.807) is 14.2 Å². The van der Waals surface area contributed by atoms with Crippen LogP contribution in [-0.2, 0) is 24.2 Å². The monoisotopic (exact) mass is 382 g/mol. The molecule has 2 aliphatic rings. The van der Waals surface area contributed by atoms with Crippen LogP contribution in [0.25, 0.3) is 0 Å². The summed E-state index contributed by atoms with van der Waals surface area (Å²) in [5.41, 5.74) is 2.94. The number of nitrogens with zero attached hydrogens (tertiary/aromatic N) is 3. The minimum Gasteiger partial charge on any atom is -0.497 e. The van der Waals surface area contributed by atoms with E-state index in [4.69, 9.17) is 14.5 Å². The number of ether oxygens (including phenoxy) is 2. The number of methoxy groups -OCH3 is 2. The van der Waals surface area contributed by atoms with Crippen LogP contribution in [0.5, 0.6) is 11.5 Å². The van der Waals surface area contributed by atoms with Crippen LogP contribution in [0.1, 0.15) is 41.5 Å². The number of aromatic nitrogens is 2. The Bertz CT molecular complexity index is 865. The molecule has 0 radical (unpaired) electrons. The molecular formula is C21H26N4O3. The summed E-state index contributed by atoms with van der Waals surface area (Å²) in [7, 11) is 3.23. The van der Waals surface area contributed by atoms with Gasteiger partial charge in [-0.15, -0.1) is 0 Å². The lowest BCUT2D eigenvalue weighted by Crippen LogP contribution is -2.37. The quantitative estimate of drug-likeness (QED) is 0.853. The molecule has 0 spiro atoms. The van der Waals surface area contributed by atoms with Gasteiger partial charge >= 0.3 is 0 Å². The molecule has 1 aromatic heterocycles. The van der Waals surface area contributed by atoms with Gasteiger partial charge in [0, 0.05) is 36.8 Å². The minimum absolute atomic E-state index is 0.0683. The summed E-state index contributed by atoms with van der Waals surface area (Å²) in [5.74, 6) is 2.37. The molecule has 0 saturated carbocycles. The first-order valence-electron chi connectivity index (χ1n) is 9.74. The summed E-state index contributed by atoms with van der Waals surface area (Å²) < 4.78 is 10.7. The molecule has 2 aromatic rings. The van der Waals surface area contributed by atoms with Gasteiger partial charge in [-0.2, -0.15) is 0 Å². The third kappa shape index (κ3) is 3.80. The Morgan fingerprint density at radius 3 is 2.96 bits per heavy atom. The van der Waals surface area contributed by atoms with E-state index in [0.717, 1.165) is 42.0 Å². The van der Waals surface area contributed by atoms with Crippen molar-refractivity contribution in [2.75, 3.05) is 27.3 Å². The zero-order valence-corrected chi connectivity index (χ0v) is 16.4. The third-order valence-electron chi connectivity index (χ3n) is 5.51. The van der Waals surface area contributed by atoms with Crippen molar-refractivity contribution in [3.05, 3.63) is 47.0 Å². The molecule has 7 nitrogen and oxygen atoms in total. The summed E-state index contributed by atoms with van der Waals surface area (Å²) >= 11 is 0. The van der Waals surface area contributed by atoms with Gasteiger partial charge in [0.2, 0.25) is 5.91 Å². The number of carbonyl (C=O) groups is 1. The maximum absolute atomic E-state index is 12.9. The van der Waals surface area contributed by atoms with Gasteiger partial charge in [-0.05, 0) is 37.6 Å². The fourth-order valence-electron chi connectivity index (χ4n) is 3.91. The normalized spacial score (nSPS) is 18.6. The fraction of sp³-hybridized carbons (Fsp3) is 0.476. The van der Waals surface area contributed by atoms with Crippen molar-refractivity contribution in [3.63, 3.8) is 0 Å². The Kier molecular flexibility index (Phi) is 5.43. The smallest absolute Gasteiger partial charge is 0.227 e. The molecule has 1 atom stereocenters. The van der Waals surface area contributed by atoms with Crippen LogP contribution in [0, 0.1) is 0 Å². The fourth-order valence-corrected chi connectivity index (χ4v) is 3.91. The van der Waals surface area contributed by atoms with Gasteiger partial charge in [-0.3, -0.25) is 4.79 Å². The van der Waals surface area contributed by atoms with E-state index in [2.05, 4.69) is 10.3 Å². The molecule has 3 heterocycles. The highest BCUT2D eigenvalue weighted by Crippen LogP contribution is 2.26. The molecule has 7 heteroatoms. The van der Waals surface area contributed by atoms with Crippen LogP contribution in [0.2, 0.25) is 0 Å². The van der Waals surface area contributed by atoms with Crippen molar-refractivity contribution in [2.45, 2.75) is 38.3 Å². The maximum Gasteiger partial charge on any atom is 0.227 e. The van der Waals surface area contributed by atoms with Crippen molar-refractivity contribution in [3.8, 4) is 11.5 Å². The number of carbonyl (C=O) groups excluding carboxylic acids is 1. The molecule has 0 aliphatic carbocycles. The predicted octanol–water partition coefficient (Wildman–Crippen LogP) is 2.05. The van der Waals surface area contributed by atoms with Gasteiger partial charge in [0.05, 0.1) is 32.4 Å². The van der Waals surface area contributed by atoms with E-state index in [1.165, 1.54) is 6.42 Å². The van der Waals surface area contributed by atoms with Gasteiger partial charge in [0.15, 0.2) is 0 Å². The first kappa shape index (κ1) is 18.7. The van der Waals surface area contributed by atoms with E-state index in [0.29, 0.717) is 24.6 Å². The van der Waals surface area contributed by atoms with E-state index in [1.807, 2.05) is 29.3 Å². The summed E-state index contributed by atoms with van der Waals surface area (Å²) in [6.07, 6.45) is 5.19. The van der Waals surface area contributed by atoms with Crippen LogP contribution < -0.4 is 14.8 Å². The zero-order chi connectivity index (χ0) is 19.5. The highest BCUT2D eigenvalue weighted by atomic mass is 16.5. The molecule has 2 aliphatic heterocycles. The highest BCUT2D eigenvalue weighted by molar-refractivity contribution is 5.80. The van der Waals surface area contributed by atoms with Gasteiger partial charge in [-0.25, -0.2) is 9.97 Å². The Labute approximate surface area is 165 Å². The number of hydrogen-bond donors (Lipinski definition) is 1. The summed E-state index contributed by atoms with van der Waals surface area (Å²) in [4.78, 5) is 24.1. The largest absolute Gasteiger partial charge is 0.497 e. The van der Waals surface area contributed by atoms with Gasteiger partial charge < -0.3 is 19.7 Å². The SMILES string of the molecule is COc1ccc(OC)c(CC(=O)N2CCc3nc([C@H]4CCCN4)ncc3C2)c1. The second-order valence-electron chi connectivity index (χ2n) is 7.27. The van der Waals surface area contributed by atoms with Crippen LogP contribution in [0.3, 0.4) is 0 Å². The Morgan fingerprint density at radius 2 is 2.21 bits per heavy atom. The lowest BCUT2D eigenvalue weighted by atomic mass is 10.0. The average Bonchev–Trinajstić information content (AvgIpc) is 3.27. The van der Waals surface area contributed by atoms with Crippen LogP contribution in [0.15, 0.2) is 24.4 Å². The lowest BCUT2D eigenvalue weighted by Gasteiger charge is -2.29. The number of hydrogen-bond acceptors (Lipinski definition) is 6. The van der Waals surface area contributed by atoms with Crippen LogP contribution in [0.4, 0.5) is 0 Å². The molecule has 0 unspecified atom stereocenters. The topological polar surface area (TPSA) is 76.6 Å². The second-order valence-corrected chi connectivity index (χ2v) is 7.27. The molecule has 1 amide bonds. The summed E-state index contributed by atoms with van der Waals surface area (Å²) in [6, 6.07) is 5.79. The second kappa shape index (κ2) is 8.14. The molecule has 148 valence electrons.